The Hall–Kier alpha value is -6.23. The van der Waals surface area contributed by atoms with Crippen molar-refractivity contribution in [2.75, 3.05) is 0 Å². The van der Waals surface area contributed by atoms with Gasteiger partial charge in [0.05, 0.1) is 0 Å². The topological polar surface area (TPSA) is 38.7 Å². The van der Waals surface area contributed by atoms with Crippen LogP contribution in [0.1, 0.15) is 0 Å². The fourth-order valence-corrected chi connectivity index (χ4v) is 8.36. The van der Waals surface area contributed by atoms with E-state index in [0.717, 1.165) is 27.8 Å². The Balaban J connectivity index is 1.24. The van der Waals surface area contributed by atoms with E-state index in [0.29, 0.717) is 17.5 Å². The van der Waals surface area contributed by atoms with Gasteiger partial charge in [0.1, 0.15) is 0 Å². The third-order valence-electron chi connectivity index (χ3n) is 9.51. The molecular weight excluding hydrogens is 615 g/mol. The quantitative estimate of drug-likeness (QED) is 0.180. The molecule has 8 aromatic carbocycles. The van der Waals surface area contributed by atoms with Crippen LogP contribution in [0, 0.1) is 0 Å². The molecule has 10 aromatic rings. The van der Waals surface area contributed by atoms with Crippen molar-refractivity contribution < 1.29 is 0 Å². The summed E-state index contributed by atoms with van der Waals surface area (Å²) >= 11 is 1.80. The van der Waals surface area contributed by atoms with Gasteiger partial charge in [-0.2, -0.15) is 0 Å². The first-order chi connectivity index (χ1) is 24.3. The number of fused-ring (bicyclic) bond motifs is 9. The molecule has 0 saturated carbocycles. The molecule has 0 saturated heterocycles. The van der Waals surface area contributed by atoms with Gasteiger partial charge < -0.3 is 0 Å². The van der Waals surface area contributed by atoms with Gasteiger partial charge in [-0.05, 0) is 67.7 Å². The zero-order valence-corrected chi connectivity index (χ0v) is 27.2. The number of aromatic nitrogens is 3. The highest BCUT2D eigenvalue weighted by Crippen LogP contribution is 2.41. The minimum absolute atomic E-state index is 0.651. The Labute approximate surface area is 286 Å². The number of hydrogen-bond donors (Lipinski definition) is 0. The molecule has 0 aliphatic rings. The summed E-state index contributed by atoms with van der Waals surface area (Å²) in [6.45, 7) is 0. The van der Waals surface area contributed by atoms with Crippen LogP contribution in [0.15, 0.2) is 164 Å². The smallest absolute Gasteiger partial charge is 0.164 e. The maximum Gasteiger partial charge on any atom is 0.164 e. The maximum atomic E-state index is 5.25. The highest BCUT2D eigenvalue weighted by atomic mass is 32.1. The SMILES string of the molecule is c1ccc(-c2cccc(-c3nc(-c4ccc5c6ccccc6c6ccccc6c5c4)nc(-c4cccc5sc6ccccc6c45)n3)c2)cc1. The van der Waals surface area contributed by atoms with Gasteiger partial charge in [-0.1, -0.05) is 140 Å². The lowest BCUT2D eigenvalue weighted by molar-refractivity contribution is 1.08. The molecule has 0 unspecified atom stereocenters. The van der Waals surface area contributed by atoms with Gasteiger partial charge in [0.25, 0.3) is 0 Å². The van der Waals surface area contributed by atoms with Gasteiger partial charge in [0.15, 0.2) is 17.5 Å². The molecule has 10 rings (SSSR count). The molecule has 2 heterocycles. The summed E-state index contributed by atoms with van der Waals surface area (Å²) in [5, 5.41) is 9.78. The van der Waals surface area contributed by atoms with Crippen molar-refractivity contribution in [2.24, 2.45) is 0 Å². The predicted molar refractivity (Wildman–Crippen MR) is 207 cm³/mol. The average Bonchev–Trinajstić information content (AvgIpc) is 3.57. The van der Waals surface area contributed by atoms with Crippen LogP contribution in [0.5, 0.6) is 0 Å². The van der Waals surface area contributed by atoms with Gasteiger partial charge in [0, 0.05) is 36.9 Å². The van der Waals surface area contributed by atoms with Crippen molar-refractivity contribution in [1.82, 2.24) is 15.0 Å². The molecule has 2 aromatic heterocycles. The Morgan fingerprint density at radius 3 is 1.55 bits per heavy atom. The second-order valence-corrected chi connectivity index (χ2v) is 13.5. The number of rotatable bonds is 4. The van der Waals surface area contributed by atoms with Crippen molar-refractivity contribution >= 4 is 63.8 Å². The molecule has 0 N–H and O–H groups in total. The third-order valence-corrected chi connectivity index (χ3v) is 10.6. The van der Waals surface area contributed by atoms with Crippen molar-refractivity contribution in [3.8, 4) is 45.3 Å². The zero-order chi connectivity index (χ0) is 32.3. The molecule has 0 spiro atoms. The Morgan fingerprint density at radius 1 is 0.306 bits per heavy atom. The highest BCUT2D eigenvalue weighted by molar-refractivity contribution is 7.25. The summed E-state index contributed by atoms with van der Waals surface area (Å²) < 4.78 is 2.47. The van der Waals surface area contributed by atoms with E-state index in [2.05, 4.69) is 158 Å². The largest absolute Gasteiger partial charge is 0.208 e. The molecule has 0 bridgehead atoms. The Morgan fingerprint density at radius 2 is 0.816 bits per heavy atom. The van der Waals surface area contributed by atoms with Gasteiger partial charge in [-0.3, -0.25) is 0 Å². The normalized spacial score (nSPS) is 11.7. The van der Waals surface area contributed by atoms with Gasteiger partial charge in [-0.15, -0.1) is 11.3 Å². The zero-order valence-electron chi connectivity index (χ0n) is 26.3. The predicted octanol–water partition coefficient (Wildman–Crippen LogP) is 12.4. The van der Waals surface area contributed by atoms with E-state index in [4.69, 9.17) is 15.0 Å². The first kappa shape index (κ1) is 27.8. The molecule has 0 aliphatic heterocycles. The monoisotopic (exact) mass is 641 g/mol. The minimum Gasteiger partial charge on any atom is -0.208 e. The van der Waals surface area contributed by atoms with Crippen molar-refractivity contribution in [3.05, 3.63) is 164 Å². The van der Waals surface area contributed by atoms with Crippen LogP contribution < -0.4 is 0 Å². The van der Waals surface area contributed by atoms with Crippen LogP contribution in [-0.2, 0) is 0 Å². The van der Waals surface area contributed by atoms with E-state index in [9.17, 15) is 0 Å². The number of hydrogen-bond acceptors (Lipinski definition) is 4. The van der Waals surface area contributed by atoms with Gasteiger partial charge >= 0.3 is 0 Å². The lowest BCUT2D eigenvalue weighted by Gasteiger charge is -2.13. The molecule has 3 nitrogen and oxygen atoms in total. The van der Waals surface area contributed by atoms with Crippen molar-refractivity contribution in [3.63, 3.8) is 0 Å². The van der Waals surface area contributed by atoms with Gasteiger partial charge in [0.2, 0.25) is 0 Å². The van der Waals surface area contributed by atoms with E-state index in [-0.39, 0.29) is 0 Å². The van der Waals surface area contributed by atoms with E-state index < -0.39 is 0 Å². The second kappa shape index (κ2) is 11.2. The molecule has 0 atom stereocenters. The third kappa shape index (κ3) is 4.61. The van der Waals surface area contributed by atoms with Crippen LogP contribution in [0.3, 0.4) is 0 Å². The summed E-state index contributed by atoms with van der Waals surface area (Å²) in [6.07, 6.45) is 0. The summed E-state index contributed by atoms with van der Waals surface area (Å²) in [5.41, 5.74) is 5.19. The standard InChI is InChI=1S/C45H27N3S/c1-2-12-28(13-3-1)29-14-10-15-30(26-29)43-46-44(48-45(47-43)38-21-11-23-41-42(38)37-20-8-9-22-40(37)49-41)31-24-25-36-34-18-5-4-16-32(34)33-17-6-7-19-35(33)39(36)27-31/h1-27H. The number of thiophene rings is 1. The first-order valence-corrected chi connectivity index (χ1v) is 17.3. The molecule has 4 heteroatoms. The van der Waals surface area contributed by atoms with Crippen LogP contribution >= 0.6 is 11.3 Å². The average molecular weight is 642 g/mol. The van der Waals surface area contributed by atoms with E-state index in [1.807, 2.05) is 6.07 Å². The van der Waals surface area contributed by atoms with Crippen LogP contribution in [-0.4, -0.2) is 15.0 Å². The molecular formula is C45H27N3S. The minimum atomic E-state index is 0.651. The van der Waals surface area contributed by atoms with Crippen molar-refractivity contribution in [1.29, 1.82) is 0 Å². The lowest BCUT2D eigenvalue weighted by Crippen LogP contribution is -2.00. The Kier molecular flexibility index (Phi) is 6.36. The fraction of sp³-hybridized carbons (Fsp3) is 0. The summed E-state index contributed by atoms with van der Waals surface area (Å²) in [4.78, 5) is 15.6. The van der Waals surface area contributed by atoms with Crippen LogP contribution in [0.2, 0.25) is 0 Å². The molecule has 0 fully saturated rings. The van der Waals surface area contributed by atoms with E-state index in [1.165, 1.54) is 52.5 Å². The summed E-state index contributed by atoms with van der Waals surface area (Å²) in [7, 11) is 0. The van der Waals surface area contributed by atoms with Crippen LogP contribution in [0.4, 0.5) is 0 Å². The molecule has 49 heavy (non-hydrogen) atoms. The molecule has 228 valence electrons. The van der Waals surface area contributed by atoms with Gasteiger partial charge in [-0.25, -0.2) is 15.0 Å². The lowest BCUT2D eigenvalue weighted by atomic mass is 9.93. The molecule has 0 aliphatic carbocycles. The summed E-state index contributed by atoms with van der Waals surface area (Å²) in [5.74, 6) is 1.97. The first-order valence-electron chi connectivity index (χ1n) is 16.4. The molecule has 0 amide bonds. The van der Waals surface area contributed by atoms with Crippen LogP contribution in [0.25, 0.3) is 97.8 Å². The number of nitrogens with zero attached hydrogens (tertiary/aromatic N) is 3. The van der Waals surface area contributed by atoms with E-state index >= 15 is 0 Å². The Bertz CT molecular complexity index is 2860. The van der Waals surface area contributed by atoms with E-state index in [1.54, 1.807) is 11.3 Å². The molecule has 0 radical (unpaired) electrons. The summed E-state index contributed by atoms with van der Waals surface area (Å²) in [6, 6.07) is 58.0. The maximum absolute atomic E-state index is 5.25. The van der Waals surface area contributed by atoms with Crippen molar-refractivity contribution in [2.45, 2.75) is 0 Å². The highest BCUT2D eigenvalue weighted by Gasteiger charge is 2.18. The second-order valence-electron chi connectivity index (χ2n) is 12.4. The fourth-order valence-electron chi connectivity index (χ4n) is 7.23. The number of benzene rings is 8.